The molecule has 1 unspecified atom stereocenters. The first kappa shape index (κ1) is 8.57. The van der Waals surface area contributed by atoms with Crippen molar-refractivity contribution in [1.29, 1.82) is 0 Å². The molecule has 0 aliphatic carbocycles. The van der Waals surface area contributed by atoms with Crippen LogP contribution in [0.1, 0.15) is 12.5 Å². The number of fused-ring (bicyclic) bond motifs is 1. The molecular weight excluding hydrogens is 162 g/mol. The first-order chi connectivity index (χ1) is 6.23. The molecule has 1 aliphatic heterocycles. The summed E-state index contributed by atoms with van der Waals surface area (Å²) in [5.74, 6) is 1.04. The van der Waals surface area contributed by atoms with Crippen molar-refractivity contribution in [3.05, 3.63) is 29.8 Å². The third-order valence-electron chi connectivity index (χ3n) is 2.44. The van der Waals surface area contributed by atoms with Gasteiger partial charge in [0.2, 0.25) is 0 Å². The molecule has 1 atom stereocenters. The Labute approximate surface area is 78.9 Å². The zero-order chi connectivity index (χ0) is 9.31. The quantitative estimate of drug-likeness (QED) is 0.741. The molecule has 0 spiro atoms. The molecule has 1 heterocycles. The van der Waals surface area contributed by atoms with Gasteiger partial charge in [-0.1, -0.05) is 18.2 Å². The summed E-state index contributed by atoms with van der Waals surface area (Å²) in [4.78, 5) is 0. The van der Waals surface area contributed by atoms with E-state index in [9.17, 15) is 0 Å². The average Bonchev–Trinajstić information content (AvgIpc) is 2.40. The van der Waals surface area contributed by atoms with E-state index in [1.54, 1.807) is 0 Å². The molecule has 1 aromatic carbocycles. The molecule has 0 saturated heterocycles. The fourth-order valence-corrected chi connectivity index (χ4v) is 1.93. The lowest BCUT2D eigenvalue weighted by molar-refractivity contribution is 0.117. The van der Waals surface area contributed by atoms with Crippen LogP contribution in [0.25, 0.3) is 0 Å². The molecule has 0 radical (unpaired) electrons. The molecule has 2 nitrogen and oxygen atoms in total. The van der Waals surface area contributed by atoms with Crippen LogP contribution < -0.4 is 10.1 Å². The van der Waals surface area contributed by atoms with E-state index >= 15 is 0 Å². The van der Waals surface area contributed by atoms with E-state index in [2.05, 4.69) is 24.4 Å². The van der Waals surface area contributed by atoms with E-state index in [1.807, 2.05) is 19.2 Å². The van der Waals surface area contributed by atoms with E-state index in [0.29, 0.717) is 0 Å². The van der Waals surface area contributed by atoms with Crippen molar-refractivity contribution in [1.82, 2.24) is 5.32 Å². The SMILES string of the molecule is CNCC1(C)Cc2ccccc2O1. The summed E-state index contributed by atoms with van der Waals surface area (Å²) in [5.41, 5.74) is 1.26. The predicted octanol–water partition coefficient (Wildman–Crippen LogP) is 1.60. The number of benzene rings is 1. The Morgan fingerprint density at radius 3 is 2.92 bits per heavy atom. The maximum Gasteiger partial charge on any atom is 0.123 e. The van der Waals surface area contributed by atoms with Crippen LogP contribution in [0.3, 0.4) is 0 Å². The third-order valence-corrected chi connectivity index (χ3v) is 2.44. The molecule has 1 aliphatic rings. The molecular formula is C11H15NO. The summed E-state index contributed by atoms with van der Waals surface area (Å²) in [6, 6.07) is 8.25. The minimum atomic E-state index is -0.0571. The van der Waals surface area contributed by atoms with Crippen LogP contribution >= 0.6 is 0 Å². The van der Waals surface area contributed by atoms with Gasteiger partial charge in [-0.3, -0.25) is 0 Å². The van der Waals surface area contributed by atoms with Crippen LogP contribution in [0.4, 0.5) is 0 Å². The average molecular weight is 177 g/mol. The Morgan fingerprint density at radius 2 is 2.23 bits per heavy atom. The molecule has 0 saturated carbocycles. The molecule has 13 heavy (non-hydrogen) atoms. The highest BCUT2D eigenvalue weighted by atomic mass is 16.5. The van der Waals surface area contributed by atoms with Gasteiger partial charge >= 0.3 is 0 Å². The molecule has 0 amide bonds. The van der Waals surface area contributed by atoms with E-state index < -0.39 is 0 Å². The van der Waals surface area contributed by atoms with Gasteiger partial charge in [0, 0.05) is 13.0 Å². The van der Waals surface area contributed by atoms with Gasteiger partial charge in [0.25, 0.3) is 0 Å². The molecule has 1 N–H and O–H groups in total. The lowest BCUT2D eigenvalue weighted by atomic mass is 9.99. The van der Waals surface area contributed by atoms with E-state index in [-0.39, 0.29) is 5.60 Å². The van der Waals surface area contributed by atoms with Gasteiger partial charge in [0.15, 0.2) is 0 Å². The lowest BCUT2D eigenvalue weighted by Crippen LogP contribution is -2.40. The maximum atomic E-state index is 5.87. The zero-order valence-corrected chi connectivity index (χ0v) is 8.13. The number of rotatable bonds is 2. The smallest absolute Gasteiger partial charge is 0.123 e. The second-order valence-electron chi connectivity index (χ2n) is 3.87. The number of hydrogen-bond donors (Lipinski definition) is 1. The summed E-state index contributed by atoms with van der Waals surface area (Å²) in [5, 5.41) is 3.16. The second kappa shape index (κ2) is 3.04. The third kappa shape index (κ3) is 1.54. The minimum Gasteiger partial charge on any atom is -0.486 e. The number of hydrogen-bond acceptors (Lipinski definition) is 2. The summed E-state index contributed by atoms with van der Waals surface area (Å²) >= 11 is 0. The number of likely N-dealkylation sites (N-methyl/N-ethyl adjacent to an activating group) is 1. The van der Waals surface area contributed by atoms with Crippen LogP contribution in [0, 0.1) is 0 Å². The Bertz CT molecular complexity index is 284. The predicted molar refractivity (Wildman–Crippen MR) is 53.1 cm³/mol. The summed E-state index contributed by atoms with van der Waals surface area (Å²) in [6.45, 7) is 3.03. The molecule has 2 heteroatoms. The van der Waals surface area contributed by atoms with Crippen LogP contribution in [0.2, 0.25) is 0 Å². The molecule has 0 bridgehead atoms. The van der Waals surface area contributed by atoms with Crippen molar-refractivity contribution in [3.63, 3.8) is 0 Å². The number of para-hydroxylation sites is 1. The van der Waals surface area contributed by atoms with Crippen molar-refractivity contribution in [3.8, 4) is 5.75 Å². The second-order valence-corrected chi connectivity index (χ2v) is 3.87. The highest BCUT2D eigenvalue weighted by molar-refractivity contribution is 5.38. The molecule has 70 valence electrons. The Morgan fingerprint density at radius 1 is 1.46 bits per heavy atom. The fourth-order valence-electron chi connectivity index (χ4n) is 1.93. The fraction of sp³-hybridized carbons (Fsp3) is 0.455. The highest BCUT2D eigenvalue weighted by Gasteiger charge is 2.33. The van der Waals surface area contributed by atoms with Gasteiger partial charge in [0.1, 0.15) is 11.4 Å². The van der Waals surface area contributed by atoms with Gasteiger partial charge in [0.05, 0.1) is 0 Å². The van der Waals surface area contributed by atoms with Crippen molar-refractivity contribution in [2.24, 2.45) is 0 Å². The standard InChI is InChI=1S/C11H15NO/c1-11(8-12-2)7-9-5-3-4-6-10(9)13-11/h3-6,12H,7-8H2,1-2H3. The largest absolute Gasteiger partial charge is 0.486 e. The van der Waals surface area contributed by atoms with Crippen LogP contribution in [0.15, 0.2) is 24.3 Å². The van der Waals surface area contributed by atoms with E-state index in [1.165, 1.54) is 5.56 Å². The summed E-state index contributed by atoms with van der Waals surface area (Å²) in [7, 11) is 1.96. The van der Waals surface area contributed by atoms with Crippen molar-refractivity contribution < 1.29 is 4.74 Å². The molecule has 1 aromatic rings. The lowest BCUT2D eigenvalue weighted by Gasteiger charge is -2.23. The van der Waals surface area contributed by atoms with E-state index in [4.69, 9.17) is 4.74 Å². The van der Waals surface area contributed by atoms with Gasteiger partial charge in [-0.05, 0) is 25.6 Å². The Hall–Kier alpha value is -1.02. The van der Waals surface area contributed by atoms with Crippen LogP contribution in [-0.2, 0) is 6.42 Å². The monoisotopic (exact) mass is 177 g/mol. The maximum absolute atomic E-state index is 5.87. The topological polar surface area (TPSA) is 21.3 Å². The molecule has 0 fully saturated rings. The molecule has 0 aromatic heterocycles. The zero-order valence-electron chi connectivity index (χ0n) is 8.13. The van der Waals surface area contributed by atoms with Crippen LogP contribution in [-0.4, -0.2) is 19.2 Å². The number of nitrogens with one attached hydrogen (secondary N) is 1. The Kier molecular flexibility index (Phi) is 2.00. The van der Waals surface area contributed by atoms with Crippen LogP contribution in [0.5, 0.6) is 5.75 Å². The van der Waals surface area contributed by atoms with Gasteiger partial charge in [-0.15, -0.1) is 0 Å². The van der Waals surface area contributed by atoms with Gasteiger partial charge < -0.3 is 10.1 Å². The first-order valence-corrected chi connectivity index (χ1v) is 4.65. The molecule has 2 rings (SSSR count). The summed E-state index contributed by atoms with van der Waals surface area (Å²) in [6.07, 6.45) is 1.00. The van der Waals surface area contributed by atoms with Crippen molar-refractivity contribution in [2.75, 3.05) is 13.6 Å². The highest BCUT2D eigenvalue weighted by Crippen LogP contribution is 2.33. The summed E-state index contributed by atoms with van der Waals surface area (Å²) < 4.78 is 5.87. The van der Waals surface area contributed by atoms with Crippen molar-refractivity contribution >= 4 is 0 Å². The van der Waals surface area contributed by atoms with Gasteiger partial charge in [-0.25, -0.2) is 0 Å². The number of ether oxygens (including phenoxy) is 1. The Balaban J connectivity index is 2.21. The minimum absolute atomic E-state index is 0.0571. The van der Waals surface area contributed by atoms with Crippen molar-refractivity contribution in [2.45, 2.75) is 18.9 Å². The van der Waals surface area contributed by atoms with Gasteiger partial charge in [-0.2, -0.15) is 0 Å². The van der Waals surface area contributed by atoms with E-state index in [0.717, 1.165) is 18.7 Å². The normalized spacial score (nSPS) is 25.4. The first-order valence-electron chi connectivity index (χ1n) is 4.65.